The average Bonchev–Trinajstić information content (AvgIpc) is 2.97. The standard InChI is InChI=1S/C32H41N2/c1-7-34(31-19-12-11-14-26(31)2)27(3)15-13-16-28-20-22-32(4,5)25-29(24-28)21-23-33(6)30-17-9-8-10-18-30/h8-19,21,23-24H,7,20,22,25H2,1-6H3/q+1. The Balaban J connectivity index is 1.81. The van der Waals surface area contributed by atoms with E-state index in [1.165, 1.54) is 40.2 Å². The summed E-state index contributed by atoms with van der Waals surface area (Å²) in [4.78, 5) is 2.38. The number of benzene rings is 2. The van der Waals surface area contributed by atoms with Gasteiger partial charge in [-0.2, -0.15) is 0 Å². The number of para-hydroxylation sites is 2. The molecule has 1 aliphatic rings. The van der Waals surface area contributed by atoms with Gasteiger partial charge in [-0.1, -0.05) is 68.5 Å². The molecule has 3 rings (SSSR count). The van der Waals surface area contributed by atoms with Crippen LogP contribution in [0.25, 0.3) is 0 Å². The Bertz CT molecular complexity index is 1110. The highest BCUT2D eigenvalue weighted by atomic mass is 15.1. The van der Waals surface area contributed by atoms with E-state index >= 15 is 0 Å². The van der Waals surface area contributed by atoms with E-state index in [4.69, 9.17) is 0 Å². The summed E-state index contributed by atoms with van der Waals surface area (Å²) in [6.07, 6.45) is 17.0. The number of anilines is 1. The molecular weight excluding hydrogens is 412 g/mol. The predicted molar refractivity (Wildman–Crippen MR) is 149 cm³/mol. The monoisotopic (exact) mass is 453 g/mol. The van der Waals surface area contributed by atoms with Crippen molar-refractivity contribution in [2.24, 2.45) is 5.41 Å². The van der Waals surface area contributed by atoms with Crippen LogP contribution in [0.3, 0.4) is 0 Å². The van der Waals surface area contributed by atoms with Gasteiger partial charge in [0.2, 0.25) is 5.69 Å². The highest BCUT2D eigenvalue weighted by Crippen LogP contribution is 2.36. The van der Waals surface area contributed by atoms with Crippen molar-refractivity contribution in [3.05, 3.63) is 107 Å². The van der Waals surface area contributed by atoms with Crippen LogP contribution in [0.2, 0.25) is 0 Å². The van der Waals surface area contributed by atoms with Gasteiger partial charge >= 0.3 is 0 Å². The topological polar surface area (TPSA) is 6.25 Å². The Morgan fingerprint density at radius 1 is 1.06 bits per heavy atom. The summed E-state index contributed by atoms with van der Waals surface area (Å²) >= 11 is 0. The number of hydrogen-bond donors (Lipinski definition) is 0. The van der Waals surface area contributed by atoms with E-state index in [1.54, 1.807) is 0 Å². The highest BCUT2D eigenvalue weighted by molar-refractivity contribution is 5.70. The van der Waals surface area contributed by atoms with Crippen LogP contribution in [0.15, 0.2) is 102 Å². The molecule has 0 bridgehead atoms. The molecule has 0 atom stereocenters. The van der Waals surface area contributed by atoms with E-state index in [-0.39, 0.29) is 0 Å². The van der Waals surface area contributed by atoms with E-state index in [9.17, 15) is 0 Å². The summed E-state index contributed by atoms with van der Waals surface area (Å²) < 4.78 is 2.19. The van der Waals surface area contributed by atoms with Crippen molar-refractivity contribution in [3.63, 3.8) is 0 Å². The van der Waals surface area contributed by atoms with Gasteiger partial charge in [0.1, 0.15) is 7.05 Å². The molecule has 2 nitrogen and oxygen atoms in total. The van der Waals surface area contributed by atoms with Crippen LogP contribution >= 0.6 is 0 Å². The second kappa shape index (κ2) is 11.8. The van der Waals surface area contributed by atoms with E-state index < -0.39 is 0 Å². The largest absolute Gasteiger partial charge is 0.345 e. The average molecular weight is 454 g/mol. The van der Waals surface area contributed by atoms with Gasteiger partial charge < -0.3 is 4.90 Å². The molecule has 34 heavy (non-hydrogen) atoms. The maximum atomic E-state index is 2.39. The van der Waals surface area contributed by atoms with Gasteiger partial charge in [-0.25, -0.2) is 4.58 Å². The van der Waals surface area contributed by atoms with Crippen molar-refractivity contribution in [1.82, 2.24) is 0 Å². The lowest BCUT2D eigenvalue weighted by atomic mass is 9.83. The maximum absolute atomic E-state index is 2.39. The van der Waals surface area contributed by atoms with E-state index in [0.717, 1.165) is 19.4 Å². The molecule has 0 spiro atoms. The first kappa shape index (κ1) is 25.5. The van der Waals surface area contributed by atoms with Crippen molar-refractivity contribution in [2.45, 2.75) is 53.9 Å². The quantitative estimate of drug-likeness (QED) is 0.232. The Hall–Kier alpha value is -3.13. The third-order valence-corrected chi connectivity index (χ3v) is 6.62. The lowest BCUT2D eigenvalue weighted by molar-refractivity contribution is -0.398. The Kier molecular flexibility index (Phi) is 8.87. The predicted octanol–water partition coefficient (Wildman–Crippen LogP) is 8.39. The molecule has 0 saturated heterocycles. The Labute approximate surface area is 207 Å². The second-order valence-electron chi connectivity index (χ2n) is 10.1. The van der Waals surface area contributed by atoms with Crippen molar-refractivity contribution in [1.29, 1.82) is 0 Å². The minimum absolute atomic E-state index is 0.298. The van der Waals surface area contributed by atoms with Gasteiger partial charge in [-0.05, 0) is 74.3 Å². The zero-order valence-corrected chi connectivity index (χ0v) is 21.9. The summed E-state index contributed by atoms with van der Waals surface area (Å²) in [5.41, 5.74) is 8.14. The zero-order chi connectivity index (χ0) is 24.6. The van der Waals surface area contributed by atoms with E-state index in [0.29, 0.717) is 5.41 Å². The number of rotatable bonds is 7. The molecule has 1 aliphatic carbocycles. The molecule has 0 unspecified atom stereocenters. The molecule has 178 valence electrons. The van der Waals surface area contributed by atoms with Crippen LogP contribution in [-0.4, -0.2) is 24.4 Å². The summed E-state index contributed by atoms with van der Waals surface area (Å²) in [6.45, 7) is 12.3. The van der Waals surface area contributed by atoms with Crippen molar-refractivity contribution in [3.8, 4) is 0 Å². The third kappa shape index (κ3) is 7.18. The molecule has 0 heterocycles. The van der Waals surface area contributed by atoms with E-state index in [1.807, 2.05) is 0 Å². The minimum Gasteiger partial charge on any atom is -0.345 e. The maximum Gasteiger partial charge on any atom is 0.204 e. The molecule has 0 fully saturated rings. The first-order chi connectivity index (χ1) is 16.3. The second-order valence-corrected chi connectivity index (χ2v) is 10.1. The molecule has 0 saturated carbocycles. The van der Waals surface area contributed by atoms with Crippen LogP contribution in [-0.2, 0) is 0 Å². The Morgan fingerprint density at radius 3 is 2.47 bits per heavy atom. The van der Waals surface area contributed by atoms with Crippen molar-refractivity contribution >= 4 is 17.6 Å². The molecule has 0 N–H and O–H groups in total. The summed E-state index contributed by atoms with van der Waals surface area (Å²) in [7, 11) is 2.11. The van der Waals surface area contributed by atoms with Crippen LogP contribution in [0.4, 0.5) is 11.4 Å². The van der Waals surface area contributed by atoms with Gasteiger partial charge in [-0.3, -0.25) is 0 Å². The van der Waals surface area contributed by atoms with Crippen LogP contribution in [0, 0.1) is 12.3 Å². The first-order valence-corrected chi connectivity index (χ1v) is 12.5. The van der Waals surface area contributed by atoms with Crippen LogP contribution in [0.1, 0.15) is 52.5 Å². The van der Waals surface area contributed by atoms with Gasteiger partial charge in [0.15, 0.2) is 6.21 Å². The molecule has 0 aliphatic heterocycles. The fraction of sp³-hybridized carbons (Fsp3) is 0.344. The normalized spacial score (nSPS) is 18.2. The fourth-order valence-electron chi connectivity index (χ4n) is 4.56. The number of allylic oxidation sites excluding steroid dienone is 8. The van der Waals surface area contributed by atoms with E-state index in [2.05, 4.69) is 142 Å². The fourth-order valence-corrected chi connectivity index (χ4v) is 4.56. The lowest BCUT2D eigenvalue weighted by Crippen LogP contribution is -2.20. The number of nitrogens with zero attached hydrogens (tertiary/aromatic N) is 2. The molecular formula is C32H41N2+. The number of hydrogen-bond acceptors (Lipinski definition) is 1. The van der Waals surface area contributed by atoms with Crippen molar-refractivity contribution in [2.75, 3.05) is 18.5 Å². The summed E-state index contributed by atoms with van der Waals surface area (Å²) in [5, 5.41) is 0. The van der Waals surface area contributed by atoms with Crippen LogP contribution in [0.5, 0.6) is 0 Å². The third-order valence-electron chi connectivity index (χ3n) is 6.62. The van der Waals surface area contributed by atoms with Gasteiger partial charge in [0.25, 0.3) is 0 Å². The van der Waals surface area contributed by atoms with Gasteiger partial charge in [0, 0.05) is 36.1 Å². The lowest BCUT2D eigenvalue weighted by Gasteiger charge is -2.25. The SMILES string of the molecule is CCN(C(C)=CC=CC1=CC(=CC=[N+](C)c2ccccc2)CC(C)(C)CC1)c1ccccc1C. The zero-order valence-electron chi connectivity index (χ0n) is 21.9. The first-order valence-electron chi connectivity index (χ1n) is 12.5. The Morgan fingerprint density at radius 2 is 1.76 bits per heavy atom. The molecule has 0 aromatic heterocycles. The molecule has 0 amide bonds. The molecule has 2 aromatic rings. The smallest absolute Gasteiger partial charge is 0.204 e. The van der Waals surface area contributed by atoms with Gasteiger partial charge in [0.05, 0.1) is 0 Å². The van der Waals surface area contributed by atoms with Crippen LogP contribution < -0.4 is 4.90 Å². The molecule has 2 heteroatoms. The molecule has 0 radical (unpaired) electrons. The highest BCUT2D eigenvalue weighted by Gasteiger charge is 2.22. The molecule has 2 aromatic carbocycles. The number of aryl methyl sites for hydroxylation is 1. The summed E-state index contributed by atoms with van der Waals surface area (Å²) in [5.74, 6) is 0. The van der Waals surface area contributed by atoms with Crippen molar-refractivity contribution < 1.29 is 4.58 Å². The summed E-state index contributed by atoms with van der Waals surface area (Å²) in [6, 6.07) is 19.1. The minimum atomic E-state index is 0.298. The van der Waals surface area contributed by atoms with Gasteiger partial charge in [-0.15, -0.1) is 0 Å².